The van der Waals surface area contributed by atoms with Gasteiger partial charge in [-0.3, -0.25) is 4.79 Å². The summed E-state index contributed by atoms with van der Waals surface area (Å²) in [6, 6.07) is -1.19. The number of ether oxygens (including phenoxy) is 2. The van der Waals surface area contributed by atoms with Crippen LogP contribution in [0.2, 0.25) is 0 Å². The molecular weight excluding hydrogens is 1000 g/mol. The monoisotopic (exact) mass is 1130 g/mol. The quantitative estimate of drug-likeness (QED) is 0.0215. The Morgan fingerprint density at radius 2 is 0.750 bits per heavy atom. The Morgan fingerprint density at radius 3 is 1.11 bits per heavy atom. The van der Waals surface area contributed by atoms with Crippen molar-refractivity contribution in [3.63, 3.8) is 0 Å². The third-order valence-corrected chi connectivity index (χ3v) is 16.7. The molecule has 0 aromatic rings. The molecule has 9 atom stereocenters. The normalized spacial score (nSPS) is 19.4. The Morgan fingerprint density at radius 1 is 0.425 bits per heavy atom. The van der Waals surface area contributed by atoms with Crippen LogP contribution in [0.3, 0.4) is 0 Å². The van der Waals surface area contributed by atoms with Crippen molar-refractivity contribution in [1.29, 1.82) is 0 Å². The molecule has 472 valence electrons. The van der Waals surface area contributed by atoms with Crippen LogP contribution in [0.25, 0.3) is 0 Å². The van der Waals surface area contributed by atoms with Crippen LogP contribution in [-0.2, 0) is 14.3 Å². The second-order valence-corrected chi connectivity index (χ2v) is 24.2. The Kier molecular flexibility index (Phi) is 55.1. The first-order chi connectivity index (χ1) is 39.2. The fourth-order valence-corrected chi connectivity index (χ4v) is 11.1. The largest absolute Gasteiger partial charge is 0.394 e. The zero-order valence-corrected chi connectivity index (χ0v) is 52.1. The number of nitrogens with one attached hydrogen (secondary N) is 1. The number of allylic oxidation sites excluding steroid dienone is 6. The Bertz CT molecular complexity index is 1390. The summed E-state index contributed by atoms with van der Waals surface area (Å²) in [4.78, 5) is 13.2. The van der Waals surface area contributed by atoms with Crippen molar-refractivity contribution in [3.05, 3.63) is 36.5 Å². The fraction of sp³-hybridized carbons (Fsp3) is 0.899. The molecule has 0 aromatic carbocycles. The minimum absolute atomic E-state index is 0.243. The third-order valence-electron chi connectivity index (χ3n) is 16.7. The molecule has 1 saturated heterocycles. The van der Waals surface area contributed by atoms with Crippen molar-refractivity contribution in [2.75, 3.05) is 13.2 Å². The maximum absolute atomic E-state index is 13.2. The maximum Gasteiger partial charge on any atom is 0.249 e. The van der Waals surface area contributed by atoms with E-state index in [-0.39, 0.29) is 12.8 Å². The lowest BCUT2D eigenvalue weighted by atomic mass is 9.98. The number of unbranched alkanes of at least 4 members (excludes halogenated alkanes) is 42. The van der Waals surface area contributed by atoms with E-state index in [4.69, 9.17) is 9.47 Å². The molecule has 0 aromatic heterocycles. The van der Waals surface area contributed by atoms with Gasteiger partial charge in [0.1, 0.15) is 36.6 Å². The molecule has 1 aliphatic heterocycles. The van der Waals surface area contributed by atoms with E-state index >= 15 is 0 Å². The minimum atomic E-state index is -1.67. The SMILES string of the molecule is CCCCCCCCCCCCCCCCCCCCC/C=C/CC/C=C/CC/C=C/CCCC(O)C(O)C(COC1OC(CO)C(O)C(O)C1O)NC(=O)C(O)CCCCCCCCCCCCCCCCCCCCCCC. The number of amides is 1. The molecule has 80 heavy (non-hydrogen) atoms. The van der Waals surface area contributed by atoms with Gasteiger partial charge in [0.2, 0.25) is 5.91 Å². The summed E-state index contributed by atoms with van der Waals surface area (Å²) in [5.41, 5.74) is 0. The van der Waals surface area contributed by atoms with Gasteiger partial charge in [0.15, 0.2) is 6.29 Å². The van der Waals surface area contributed by atoms with Gasteiger partial charge in [-0.05, 0) is 64.2 Å². The zero-order chi connectivity index (χ0) is 58.2. The molecule has 11 nitrogen and oxygen atoms in total. The standard InChI is InChI=1S/C69H131NO10/c1-3-5-7-9-11-13-15-17-19-21-23-25-26-27-28-29-30-31-32-33-34-35-37-38-40-42-44-46-48-50-52-54-56-61(72)64(74)60(59-79-69-67(77)66(76)65(75)63(58-71)80-69)70-68(78)62(73)57-55-53-51-49-47-45-43-41-39-36-24-22-20-18-16-14-12-10-8-6-4-2/h34-35,40,42,48,50,60-67,69,71-77H,3-33,36-39,41,43-47,49,51-59H2,1-2H3,(H,70,78)/b35-34+,42-40+,50-48+. The summed E-state index contributed by atoms with van der Waals surface area (Å²) in [6.07, 6.45) is 62.3. The summed E-state index contributed by atoms with van der Waals surface area (Å²) in [7, 11) is 0. The number of carbonyl (C=O) groups is 1. The highest BCUT2D eigenvalue weighted by Gasteiger charge is 2.44. The van der Waals surface area contributed by atoms with Gasteiger partial charge >= 0.3 is 0 Å². The van der Waals surface area contributed by atoms with Crippen LogP contribution in [-0.4, -0.2) is 110 Å². The lowest BCUT2D eigenvalue weighted by Gasteiger charge is -2.40. The number of hydrogen-bond acceptors (Lipinski definition) is 10. The first kappa shape index (κ1) is 76.3. The van der Waals surface area contributed by atoms with Crippen LogP contribution in [0.15, 0.2) is 36.5 Å². The highest BCUT2D eigenvalue weighted by atomic mass is 16.7. The molecule has 0 aliphatic carbocycles. The molecule has 9 unspecified atom stereocenters. The molecule has 1 rings (SSSR count). The van der Waals surface area contributed by atoms with Crippen LogP contribution in [0.5, 0.6) is 0 Å². The highest BCUT2D eigenvalue weighted by Crippen LogP contribution is 2.24. The fourth-order valence-electron chi connectivity index (χ4n) is 11.1. The topological polar surface area (TPSA) is 189 Å². The van der Waals surface area contributed by atoms with E-state index in [2.05, 4.69) is 55.6 Å². The lowest BCUT2D eigenvalue weighted by Crippen LogP contribution is -2.60. The number of rotatable bonds is 60. The number of aliphatic hydroxyl groups is 7. The second-order valence-electron chi connectivity index (χ2n) is 24.2. The van der Waals surface area contributed by atoms with E-state index in [1.807, 2.05) is 0 Å². The predicted molar refractivity (Wildman–Crippen MR) is 335 cm³/mol. The summed E-state index contributed by atoms with van der Waals surface area (Å²) in [5, 5.41) is 76.4. The molecule has 11 heteroatoms. The average molecular weight is 1130 g/mol. The van der Waals surface area contributed by atoms with Crippen LogP contribution in [0.4, 0.5) is 0 Å². The van der Waals surface area contributed by atoms with Gasteiger partial charge in [-0.15, -0.1) is 0 Å². The first-order valence-electron chi connectivity index (χ1n) is 34.4. The van der Waals surface area contributed by atoms with Crippen LogP contribution >= 0.6 is 0 Å². The van der Waals surface area contributed by atoms with E-state index in [0.717, 1.165) is 44.9 Å². The van der Waals surface area contributed by atoms with E-state index in [9.17, 15) is 40.5 Å². The summed E-state index contributed by atoms with van der Waals surface area (Å²) >= 11 is 0. The van der Waals surface area contributed by atoms with Crippen molar-refractivity contribution < 1.29 is 50.0 Å². The summed E-state index contributed by atoms with van der Waals surface area (Å²) in [5.74, 6) is -0.707. The van der Waals surface area contributed by atoms with Crippen molar-refractivity contribution in [3.8, 4) is 0 Å². The van der Waals surface area contributed by atoms with Gasteiger partial charge in [0.05, 0.1) is 25.4 Å². The zero-order valence-electron chi connectivity index (χ0n) is 52.1. The molecule has 0 radical (unpaired) electrons. The second kappa shape index (κ2) is 57.7. The van der Waals surface area contributed by atoms with Gasteiger partial charge in [0.25, 0.3) is 0 Å². The number of carbonyl (C=O) groups excluding carboxylic acids is 1. The maximum atomic E-state index is 13.2. The van der Waals surface area contributed by atoms with E-state index < -0.39 is 74.2 Å². The lowest BCUT2D eigenvalue weighted by molar-refractivity contribution is -0.303. The Balaban J connectivity index is 2.24. The van der Waals surface area contributed by atoms with E-state index in [1.54, 1.807) is 0 Å². The smallest absolute Gasteiger partial charge is 0.249 e. The molecule has 1 heterocycles. The Labute approximate surface area is 492 Å². The number of aliphatic hydroxyl groups excluding tert-OH is 7. The van der Waals surface area contributed by atoms with Crippen LogP contribution in [0.1, 0.15) is 328 Å². The number of hydrogen-bond donors (Lipinski definition) is 8. The van der Waals surface area contributed by atoms with Crippen molar-refractivity contribution in [2.45, 2.75) is 384 Å². The average Bonchev–Trinajstić information content (AvgIpc) is 3.46. The van der Waals surface area contributed by atoms with Crippen molar-refractivity contribution >= 4 is 5.91 Å². The molecule has 8 N–H and O–H groups in total. The molecule has 1 amide bonds. The molecule has 1 fully saturated rings. The Hall–Kier alpha value is -1.67. The van der Waals surface area contributed by atoms with Gasteiger partial charge in [-0.2, -0.15) is 0 Å². The molecule has 0 saturated carbocycles. The van der Waals surface area contributed by atoms with Gasteiger partial charge in [-0.25, -0.2) is 0 Å². The highest BCUT2D eigenvalue weighted by molar-refractivity contribution is 5.80. The van der Waals surface area contributed by atoms with Crippen molar-refractivity contribution in [2.24, 2.45) is 0 Å². The summed E-state index contributed by atoms with van der Waals surface area (Å²) in [6.45, 7) is 3.48. The van der Waals surface area contributed by atoms with E-state index in [1.165, 1.54) is 238 Å². The summed E-state index contributed by atoms with van der Waals surface area (Å²) < 4.78 is 11.2. The van der Waals surface area contributed by atoms with Crippen LogP contribution in [0, 0.1) is 0 Å². The van der Waals surface area contributed by atoms with Crippen LogP contribution < -0.4 is 5.32 Å². The van der Waals surface area contributed by atoms with E-state index in [0.29, 0.717) is 19.3 Å². The molecular formula is C69H131NO10. The molecule has 0 bridgehead atoms. The molecule has 1 aliphatic rings. The van der Waals surface area contributed by atoms with Gasteiger partial charge in [-0.1, -0.05) is 301 Å². The van der Waals surface area contributed by atoms with Crippen molar-refractivity contribution in [1.82, 2.24) is 5.32 Å². The minimum Gasteiger partial charge on any atom is -0.394 e. The molecule has 0 spiro atoms. The predicted octanol–water partition coefficient (Wildman–Crippen LogP) is 16.2. The first-order valence-corrected chi connectivity index (χ1v) is 34.4. The third kappa shape index (κ3) is 44.8. The van der Waals surface area contributed by atoms with Gasteiger partial charge in [0, 0.05) is 0 Å². The van der Waals surface area contributed by atoms with Gasteiger partial charge < -0.3 is 50.5 Å².